The molecule has 1 atom stereocenters. The lowest BCUT2D eigenvalue weighted by Crippen LogP contribution is -2.46. The Morgan fingerprint density at radius 1 is 1.30 bits per heavy atom. The lowest BCUT2D eigenvalue weighted by molar-refractivity contribution is -0.143. The molecule has 1 aliphatic rings. The van der Waals surface area contributed by atoms with Crippen molar-refractivity contribution in [3.8, 4) is 0 Å². The lowest BCUT2D eigenvalue weighted by atomic mass is 9.97. The summed E-state index contributed by atoms with van der Waals surface area (Å²) in [5.74, 6) is -1.31. The van der Waals surface area contributed by atoms with Crippen molar-refractivity contribution in [1.29, 1.82) is 0 Å². The van der Waals surface area contributed by atoms with Crippen LogP contribution in [0.3, 0.4) is 0 Å². The minimum absolute atomic E-state index is 0.234. The number of amides is 2. The highest BCUT2D eigenvalue weighted by atomic mass is 16.4. The van der Waals surface area contributed by atoms with Crippen LogP contribution in [0.15, 0.2) is 24.3 Å². The van der Waals surface area contributed by atoms with Gasteiger partial charge in [0.05, 0.1) is 11.5 Å². The Hall–Kier alpha value is -2.08. The first-order chi connectivity index (χ1) is 10.8. The first-order valence-electron chi connectivity index (χ1n) is 7.85. The minimum atomic E-state index is -0.887. The number of hydrogen-bond acceptors (Lipinski definition) is 3. The minimum Gasteiger partial charge on any atom is -0.481 e. The summed E-state index contributed by atoms with van der Waals surface area (Å²) in [6.07, 6.45) is 1.34. The molecule has 126 valence electrons. The second-order valence-corrected chi connectivity index (χ2v) is 6.54. The van der Waals surface area contributed by atoms with E-state index in [0.29, 0.717) is 25.9 Å². The van der Waals surface area contributed by atoms with Crippen molar-refractivity contribution in [3.05, 3.63) is 35.4 Å². The van der Waals surface area contributed by atoms with E-state index >= 15 is 0 Å². The van der Waals surface area contributed by atoms with Crippen LogP contribution in [0.2, 0.25) is 0 Å². The molecule has 23 heavy (non-hydrogen) atoms. The van der Waals surface area contributed by atoms with Crippen molar-refractivity contribution in [2.45, 2.75) is 38.8 Å². The Morgan fingerprint density at radius 2 is 1.96 bits per heavy atom. The summed E-state index contributed by atoms with van der Waals surface area (Å²) in [5.41, 5.74) is 0.854. The fourth-order valence-corrected chi connectivity index (χ4v) is 2.68. The molecule has 3 N–H and O–H groups in total. The van der Waals surface area contributed by atoms with Crippen molar-refractivity contribution < 1.29 is 19.8 Å². The van der Waals surface area contributed by atoms with Gasteiger partial charge >= 0.3 is 12.0 Å². The molecule has 1 saturated heterocycles. The number of aliphatic hydroxyl groups is 1. The third-order valence-corrected chi connectivity index (χ3v) is 4.16. The summed E-state index contributed by atoms with van der Waals surface area (Å²) < 4.78 is 0. The molecule has 6 nitrogen and oxygen atoms in total. The van der Waals surface area contributed by atoms with Gasteiger partial charge in [-0.05, 0) is 37.8 Å². The van der Waals surface area contributed by atoms with Crippen LogP contribution in [0.5, 0.6) is 0 Å². The maximum Gasteiger partial charge on any atom is 0.317 e. The van der Waals surface area contributed by atoms with Crippen molar-refractivity contribution in [3.63, 3.8) is 0 Å². The van der Waals surface area contributed by atoms with Crippen molar-refractivity contribution >= 4 is 12.0 Å². The second kappa shape index (κ2) is 7.00. The zero-order chi connectivity index (χ0) is 17.0. The molecule has 1 aromatic carbocycles. The molecule has 6 heteroatoms. The van der Waals surface area contributed by atoms with Gasteiger partial charge in [-0.25, -0.2) is 4.79 Å². The molecule has 0 aliphatic carbocycles. The Bertz CT molecular complexity index is 563. The van der Waals surface area contributed by atoms with Gasteiger partial charge in [0, 0.05) is 19.6 Å². The van der Waals surface area contributed by atoms with Crippen LogP contribution >= 0.6 is 0 Å². The standard InChI is InChI=1S/C17H24N2O4/c1-17(2,23)14-7-5-12(6-8-14)10-18-16(22)19-9-3-4-13(11-19)15(20)21/h5-8,13,23H,3-4,9-11H2,1-2H3,(H,18,22)(H,20,21). The second-order valence-electron chi connectivity index (χ2n) is 6.54. The number of benzene rings is 1. The lowest BCUT2D eigenvalue weighted by Gasteiger charge is -2.30. The van der Waals surface area contributed by atoms with Gasteiger partial charge in [-0.15, -0.1) is 0 Å². The van der Waals surface area contributed by atoms with E-state index in [1.807, 2.05) is 24.3 Å². The quantitative estimate of drug-likeness (QED) is 0.790. The topological polar surface area (TPSA) is 89.9 Å². The van der Waals surface area contributed by atoms with E-state index in [2.05, 4.69) is 5.32 Å². The van der Waals surface area contributed by atoms with E-state index < -0.39 is 17.5 Å². The number of carbonyl (C=O) groups is 2. The number of nitrogens with one attached hydrogen (secondary N) is 1. The van der Waals surface area contributed by atoms with Gasteiger partial charge in [0.15, 0.2) is 0 Å². The fourth-order valence-electron chi connectivity index (χ4n) is 2.68. The number of hydrogen-bond donors (Lipinski definition) is 3. The summed E-state index contributed by atoms with van der Waals surface area (Å²) >= 11 is 0. The van der Waals surface area contributed by atoms with Gasteiger partial charge in [0.2, 0.25) is 0 Å². The fraction of sp³-hybridized carbons (Fsp3) is 0.529. The van der Waals surface area contributed by atoms with Crippen LogP contribution in [-0.2, 0) is 16.9 Å². The van der Waals surface area contributed by atoms with Gasteiger partial charge in [-0.2, -0.15) is 0 Å². The van der Waals surface area contributed by atoms with Gasteiger partial charge in [0.25, 0.3) is 0 Å². The summed E-state index contributed by atoms with van der Waals surface area (Å²) in [5, 5.41) is 21.8. The van der Waals surface area contributed by atoms with Gasteiger partial charge in [-0.3, -0.25) is 4.79 Å². The van der Waals surface area contributed by atoms with E-state index in [4.69, 9.17) is 5.11 Å². The van der Waals surface area contributed by atoms with Crippen LogP contribution < -0.4 is 5.32 Å². The van der Waals surface area contributed by atoms with Gasteiger partial charge in [0.1, 0.15) is 0 Å². The largest absolute Gasteiger partial charge is 0.481 e. The number of nitrogens with zero attached hydrogens (tertiary/aromatic N) is 1. The highest BCUT2D eigenvalue weighted by Gasteiger charge is 2.27. The molecule has 0 bridgehead atoms. The van der Waals surface area contributed by atoms with E-state index in [9.17, 15) is 14.7 Å². The Balaban J connectivity index is 1.88. The normalized spacial score (nSPS) is 18.6. The number of piperidine rings is 1. The van der Waals surface area contributed by atoms with Crippen molar-refractivity contribution in [2.75, 3.05) is 13.1 Å². The molecule has 0 spiro atoms. The summed E-state index contributed by atoms with van der Waals surface area (Å²) in [7, 11) is 0. The summed E-state index contributed by atoms with van der Waals surface area (Å²) in [6, 6.07) is 7.17. The molecule has 0 saturated carbocycles. The number of urea groups is 1. The van der Waals surface area contributed by atoms with Gasteiger partial charge < -0.3 is 20.4 Å². The van der Waals surface area contributed by atoms with E-state index in [1.54, 1.807) is 18.7 Å². The Morgan fingerprint density at radius 3 is 2.52 bits per heavy atom. The predicted octanol–water partition coefficient (Wildman–Crippen LogP) is 1.92. The first-order valence-corrected chi connectivity index (χ1v) is 7.85. The number of carboxylic acids is 1. The van der Waals surface area contributed by atoms with Crippen LogP contribution in [0, 0.1) is 5.92 Å². The number of aliphatic carboxylic acids is 1. The first kappa shape index (κ1) is 17.3. The molecular weight excluding hydrogens is 296 g/mol. The molecule has 0 radical (unpaired) electrons. The number of rotatable bonds is 4. The monoisotopic (exact) mass is 320 g/mol. The van der Waals surface area contributed by atoms with Crippen LogP contribution in [-0.4, -0.2) is 40.2 Å². The highest BCUT2D eigenvalue weighted by molar-refractivity contribution is 5.76. The number of carboxylic acid groups (broad SMARTS) is 1. The van der Waals surface area contributed by atoms with Gasteiger partial charge in [-0.1, -0.05) is 24.3 Å². The van der Waals surface area contributed by atoms with Crippen molar-refractivity contribution in [2.24, 2.45) is 5.92 Å². The zero-order valence-corrected chi connectivity index (χ0v) is 13.6. The molecule has 2 amide bonds. The average Bonchev–Trinajstić information content (AvgIpc) is 2.52. The smallest absolute Gasteiger partial charge is 0.317 e. The number of carbonyl (C=O) groups excluding carboxylic acids is 1. The third kappa shape index (κ3) is 4.69. The summed E-state index contributed by atoms with van der Waals surface area (Å²) in [4.78, 5) is 24.7. The number of likely N-dealkylation sites (tertiary alicyclic amines) is 1. The van der Waals surface area contributed by atoms with E-state index in [-0.39, 0.29) is 12.6 Å². The Kier molecular flexibility index (Phi) is 5.26. The molecule has 1 aliphatic heterocycles. The molecule has 1 heterocycles. The molecular formula is C17H24N2O4. The maximum absolute atomic E-state index is 12.1. The average molecular weight is 320 g/mol. The Labute approximate surface area is 136 Å². The SMILES string of the molecule is CC(C)(O)c1ccc(CNC(=O)N2CCCC(C(=O)O)C2)cc1. The van der Waals surface area contributed by atoms with Crippen LogP contribution in [0.25, 0.3) is 0 Å². The zero-order valence-electron chi connectivity index (χ0n) is 13.6. The van der Waals surface area contributed by atoms with Crippen LogP contribution in [0.1, 0.15) is 37.8 Å². The molecule has 1 aromatic rings. The maximum atomic E-state index is 12.1. The summed E-state index contributed by atoms with van der Waals surface area (Å²) in [6.45, 7) is 4.67. The third-order valence-electron chi connectivity index (χ3n) is 4.16. The van der Waals surface area contributed by atoms with Crippen molar-refractivity contribution in [1.82, 2.24) is 10.2 Å². The van der Waals surface area contributed by atoms with E-state index in [0.717, 1.165) is 11.1 Å². The molecule has 2 rings (SSSR count). The molecule has 0 aromatic heterocycles. The molecule has 1 fully saturated rings. The van der Waals surface area contributed by atoms with E-state index in [1.165, 1.54) is 0 Å². The predicted molar refractivity (Wildman–Crippen MR) is 85.9 cm³/mol. The van der Waals surface area contributed by atoms with Crippen LogP contribution in [0.4, 0.5) is 4.79 Å². The highest BCUT2D eigenvalue weighted by Crippen LogP contribution is 2.20. The molecule has 1 unspecified atom stereocenters.